The summed E-state index contributed by atoms with van der Waals surface area (Å²) in [5, 5.41) is 5.17. The fourth-order valence-corrected chi connectivity index (χ4v) is 1.48. The summed E-state index contributed by atoms with van der Waals surface area (Å²) in [6, 6.07) is 5.20. The van der Waals surface area contributed by atoms with Crippen LogP contribution in [0.25, 0.3) is 5.69 Å². The molecule has 0 aliphatic carbocycles. The number of nitrogens with two attached hydrogens (primary N) is 1. The van der Waals surface area contributed by atoms with E-state index in [9.17, 15) is 0 Å². The third kappa shape index (κ3) is 1.69. The topological polar surface area (TPSA) is 43.8 Å². The van der Waals surface area contributed by atoms with Crippen LogP contribution in [-0.2, 0) is 0 Å². The normalized spacial score (nSPS) is 10.4. The third-order valence-electron chi connectivity index (χ3n) is 1.77. The van der Waals surface area contributed by atoms with Crippen molar-refractivity contribution in [3.8, 4) is 5.69 Å². The van der Waals surface area contributed by atoms with Gasteiger partial charge in [-0.2, -0.15) is 5.10 Å². The molecule has 1 aromatic carbocycles. The lowest BCUT2D eigenvalue weighted by Gasteiger charge is -2.04. The van der Waals surface area contributed by atoms with E-state index in [2.05, 4.69) is 5.10 Å². The maximum Gasteiger partial charge on any atom is 0.0852 e. The number of nitrogens with zero attached hydrogens (tertiary/aromatic N) is 2. The Labute approximate surface area is 91.0 Å². The first-order valence-electron chi connectivity index (χ1n) is 3.92. The summed E-state index contributed by atoms with van der Waals surface area (Å²) >= 11 is 11.7. The molecule has 3 nitrogen and oxygen atoms in total. The van der Waals surface area contributed by atoms with Crippen molar-refractivity contribution < 1.29 is 0 Å². The lowest BCUT2D eigenvalue weighted by Crippen LogP contribution is -1.96. The highest BCUT2D eigenvalue weighted by Crippen LogP contribution is 2.23. The van der Waals surface area contributed by atoms with Gasteiger partial charge in [-0.15, -0.1) is 0 Å². The van der Waals surface area contributed by atoms with Gasteiger partial charge in [0.1, 0.15) is 0 Å². The van der Waals surface area contributed by atoms with Gasteiger partial charge < -0.3 is 5.73 Å². The largest absolute Gasteiger partial charge is 0.399 e. The van der Waals surface area contributed by atoms with E-state index in [1.165, 1.54) is 0 Å². The summed E-state index contributed by atoms with van der Waals surface area (Å²) in [6.07, 6.45) is 3.21. The molecule has 0 fully saturated rings. The molecule has 0 spiro atoms. The van der Waals surface area contributed by atoms with Crippen molar-refractivity contribution in [2.24, 2.45) is 0 Å². The zero-order valence-electron chi connectivity index (χ0n) is 7.11. The summed E-state index contributed by atoms with van der Waals surface area (Å²) in [6.45, 7) is 0. The average molecular weight is 228 g/mol. The van der Waals surface area contributed by atoms with E-state index in [4.69, 9.17) is 28.9 Å². The molecule has 0 saturated carbocycles. The van der Waals surface area contributed by atoms with E-state index >= 15 is 0 Å². The van der Waals surface area contributed by atoms with Crippen molar-refractivity contribution in [1.82, 2.24) is 9.78 Å². The minimum Gasteiger partial charge on any atom is -0.399 e. The van der Waals surface area contributed by atoms with E-state index in [1.807, 2.05) is 0 Å². The van der Waals surface area contributed by atoms with Gasteiger partial charge in [0.2, 0.25) is 0 Å². The number of benzene rings is 1. The molecule has 2 N–H and O–H groups in total. The third-order valence-corrected chi connectivity index (χ3v) is 2.28. The van der Waals surface area contributed by atoms with Gasteiger partial charge in [-0.25, -0.2) is 4.68 Å². The quantitative estimate of drug-likeness (QED) is 0.762. The molecule has 1 heterocycles. The molecule has 14 heavy (non-hydrogen) atoms. The molecule has 0 aliphatic heterocycles. The molecule has 0 amide bonds. The Kier molecular flexibility index (Phi) is 2.35. The first-order chi connectivity index (χ1) is 6.66. The molecule has 0 bridgehead atoms. The first-order valence-corrected chi connectivity index (χ1v) is 4.68. The Morgan fingerprint density at radius 3 is 2.71 bits per heavy atom. The maximum atomic E-state index is 5.98. The van der Waals surface area contributed by atoms with Crippen LogP contribution in [-0.4, -0.2) is 9.78 Å². The van der Waals surface area contributed by atoms with E-state index in [1.54, 1.807) is 35.3 Å². The lowest BCUT2D eigenvalue weighted by molar-refractivity contribution is 0.881. The fraction of sp³-hybridized carbons (Fsp3) is 0. The van der Waals surface area contributed by atoms with Crippen LogP contribution >= 0.6 is 23.2 Å². The molecule has 5 heteroatoms. The Bertz CT molecular complexity index is 465. The Morgan fingerprint density at radius 1 is 1.29 bits per heavy atom. The van der Waals surface area contributed by atoms with Crippen molar-refractivity contribution in [1.29, 1.82) is 0 Å². The van der Waals surface area contributed by atoms with Gasteiger partial charge in [-0.05, 0) is 18.2 Å². The van der Waals surface area contributed by atoms with Gasteiger partial charge in [0.15, 0.2) is 0 Å². The summed E-state index contributed by atoms with van der Waals surface area (Å²) in [5.74, 6) is 0. The molecular formula is C9H7Cl2N3. The van der Waals surface area contributed by atoms with Gasteiger partial charge in [0.05, 0.1) is 21.9 Å². The molecule has 1 aromatic heterocycles. The standard InChI is InChI=1S/C9H7Cl2N3/c10-6-4-13-14(5-6)9-3-7(12)1-2-8(9)11/h1-5H,12H2. The van der Waals surface area contributed by atoms with Crippen LogP contribution in [0.4, 0.5) is 5.69 Å². The second-order valence-corrected chi connectivity index (χ2v) is 3.66. The Hall–Kier alpha value is -1.19. The minimum absolute atomic E-state index is 0.559. The first kappa shape index (κ1) is 9.37. The van der Waals surface area contributed by atoms with E-state index < -0.39 is 0 Å². The number of halogens is 2. The molecule has 0 aliphatic rings. The monoisotopic (exact) mass is 227 g/mol. The number of hydrogen-bond donors (Lipinski definition) is 1. The second kappa shape index (κ2) is 3.52. The SMILES string of the molecule is Nc1ccc(Cl)c(-n2cc(Cl)cn2)c1. The number of rotatable bonds is 1. The minimum atomic E-state index is 0.559. The second-order valence-electron chi connectivity index (χ2n) is 2.81. The molecule has 0 saturated heterocycles. The van der Waals surface area contributed by atoms with Crippen LogP contribution < -0.4 is 5.73 Å². The molecule has 0 atom stereocenters. The fourth-order valence-electron chi connectivity index (χ4n) is 1.14. The highest BCUT2D eigenvalue weighted by molar-refractivity contribution is 6.32. The number of nitrogen functional groups attached to an aromatic ring is 1. The van der Waals surface area contributed by atoms with Gasteiger partial charge in [-0.3, -0.25) is 0 Å². The van der Waals surface area contributed by atoms with Crippen molar-refractivity contribution in [2.75, 3.05) is 5.73 Å². The van der Waals surface area contributed by atoms with E-state index in [-0.39, 0.29) is 0 Å². The van der Waals surface area contributed by atoms with Crippen molar-refractivity contribution in [2.45, 2.75) is 0 Å². The molecule has 0 radical (unpaired) electrons. The van der Waals surface area contributed by atoms with Gasteiger partial charge in [0.25, 0.3) is 0 Å². The highest BCUT2D eigenvalue weighted by atomic mass is 35.5. The van der Waals surface area contributed by atoms with Crippen LogP contribution in [0, 0.1) is 0 Å². The molecule has 0 unspecified atom stereocenters. The molecule has 72 valence electrons. The zero-order chi connectivity index (χ0) is 10.1. The average Bonchev–Trinajstić information content (AvgIpc) is 2.56. The number of hydrogen-bond acceptors (Lipinski definition) is 2. The van der Waals surface area contributed by atoms with E-state index in [0.29, 0.717) is 15.7 Å². The molecule has 2 aromatic rings. The van der Waals surface area contributed by atoms with Crippen molar-refractivity contribution in [3.05, 3.63) is 40.6 Å². The summed E-state index contributed by atoms with van der Waals surface area (Å²) in [4.78, 5) is 0. The van der Waals surface area contributed by atoms with Crippen LogP contribution in [0.1, 0.15) is 0 Å². The van der Waals surface area contributed by atoms with Crippen molar-refractivity contribution >= 4 is 28.9 Å². The predicted molar refractivity (Wildman–Crippen MR) is 58.0 cm³/mol. The molecular weight excluding hydrogens is 221 g/mol. The summed E-state index contributed by atoms with van der Waals surface area (Å²) in [5.41, 5.74) is 6.99. The van der Waals surface area contributed by atoms with E-state index in [0.717, 1.165) is 5.69 Å². The molecule has 2 rings (SSSR count). The van der Waals surface area contributed by atoms with Crippen molar-refractivity contribution in [3.63, 3.8) is 0 Å². The van der Waals surface area contributed by atoms with Crippen LogP contribution in [0.15, 0.2) is 30.6 Å². The zero-order valence-corrected chi connectivity index (χ0v) is 8.63. The van der Waals surface area contributed by atoms with Gasteiger partial charge >= 0.3 is 0 Å². The highest BCUT2D eigenvalue weighted by Gasteiger charge is 2.04. The predicted octanol–water partition coefficient (Wildman–Crippen LogP) is 2.76. The number of aromatic nitrogens is 2. The van der Waals surface area contributed by atoms with Crippen LogP contribution in [0.5, 0.6) is 0 Å². The Balaban J connectivity index is 2.55. The van der Waals surface area contributed by atoms with Gasteiger partial charge in [0, 0.05) is 11.9 Å². The van der Waals surface area contributed by atoms with Crippen LogP contribution in [0.2, 0.25) is 10.0 Å². The van der Waals surface area contributed by atoms with Crippen LogP contribution in [0.3, 0.4) is 0 Å². The lowest BCUT2D eigenvalue weighted by atomic mass is 10.3. The smallest absolute Gasteiger partial charge is 0.0852 e. The number of anilines is 1. The Morgan fingerprint density at radius 2 is 2.07 bits per heavy atom. The summed E-state index contributed by atoms with van der Waals surface area (Å²) in [7, 11) is 0. The summed E-state index contributed by atoms with van der Waals surface area (Å²) < 4.78 is 1.58. The van der Waals surface area contributed by atoms with Gasteiger partial charge in [-0.1, -0.05) is 23.2 Å². The maximum absolute atomic E-state index is 5.98.